The van der Waals surface area contributed by atoms with Gasteiger partial charge < -0.3 is 19.9 Å². The van der Waals surface area contributed by atoms with Gasteiger partial charge in [0.05, 0.1) is 12.2 Å². The van der Waals surface area contributed by atoms with Crippen LogP contribution in [0, 0.1) is 0 Å². The molecular formula is C33H39N3O3. The minimum atomic E-state index is -0.301. The number of piperidine rings is 1. The van der Waals surface area contributed by atoms with Crippen molar-refractivity contribution in [3.05, 3.63) is 95.6 Å². The molecule has 3 aromatic rings. The first kappa shape index (κ1) is 26.8. The minimum Gasteiger partial charge on any atom is -0.485 e. The lowest BCUT2D eigenvalue weighted by molar-refractivity contribution is -0.133. The van der Waals surface area contributed by atoms with Crippen molar-refractivity contribution >= 4 is 17.5 Å². The Morgan fingerprint density at radius 2 is 1.49 bits per heavy atom. The molecule has 2 heterocycles. The Morgan fingerprint density at radius 1 is 0.846 bits per heavy atom. The fourth-order valence-corrected chi connectivity index (χ4v) is 5.52. The standard InChI is InChI=1S/C33H39N3O3/c1-32(2,3)27-15-13-25(14-16-27)24-36-22-19-33(39-29-12-8-7-11-28(29)36)17-20-35(21-18-33)30(37)23-34-31(38)26-9-5-4-6-10-26/h4-16H,17-24H2,1-3H3,(H,34,38). The number of carbonyl (C=O) groups is 2. The second-order valence-corrected chi connectivity index (χ2v) is 11.8. The third-order valence-electron chi connectivity index (χ3n) is 8.03. The lowest BCUT2D eigenvalue weighted by Crippen LogP contribution is -2.52. The van der Waals surface area contributed by atoms with E-state index in [-0.39, 0.29) is 29.4 Å². The summed E-state index contributed by atoms with van der Waals surface area (Å²) < 4.78 is 6.75. The smallest absolute Gasteiger partial charge is 0.251 e. The molecule has 2 amide bonds. The van der Waals surface area contributed by atoms with E-state index in [2.05, 4.69) is 73.5 Å². The van der Waals surface area contributed by atoms with Crippen molar-refractivity contribution in [2.45, 2.75) is 57.6 Å². The highest BCUT2D eigenvalue weighted by Gasteiger charge is 2.40. The zero-order valence-corrected chi connectivity index (χ0v) is 23.3. The zero-order chi connectivity index (χ0) is 27.5. The van der Waals surface area contributed by atoms with Crippen LogP contribution in [-0.2, 0) is 16.8 Å². The van der Waals surface area contributed by atoms with Crippen molar-refractivity contribution in [2.75, 3.05) is 31.1 Å². The molecule has 39 heavy (non-hydrogen) atoms. The molecule has 3 aromatic carbocycles. The zero-order valence-electron chi connectivity index (χ0n) is 23.3. The number of para-hydroxylation sites is 2. The number of anilines is 1. The molecular weight excluding hydrogens is 486 g/mol. The Bertz CT molecular complexity index is 1290. The van der Waals surface area contributed by atoms with Gasteiger partial charge >= 0.3 is 0 Å². The highest BCUT2D eigenvalue weighted by molar-refractivity contribution is 5.96. The van der Waals surface area contributed by atoms with Crippen molar-refractivity contribution in [1.82, 2.24) is 10.2 Å². The van der Waals surface area contributed by atoms with Gasteiger partial charge in [-0.2, -0.15) is 0 Å². The highest BCUT2D eigenvalue weighted by Crippen LogP contribution is 2.41. The van der Waals surface area contributed by atoms with Crippen LogP contribution in [0.2, 0.25) is 0 Å². The van der Waals surface area contributed by atoms with Crippen molar-refractivity contribution in [2.24, 2.45) is 0 Å². The van der Waals surface area contributed by atoms with Gasteiger partial charge in [-0.05, 0) is 40.8 Å². The van der Waals surface area contributed by atoms with Crippen LogP contribution in [-0.4, -0.2) is 48.5 Å². The van der Waals surface area contributed by atoms with Crippen LogP contribution in [0.3, 0.4) is 0 Å². The van der Waals surface area contributed by atoms with Crippen LogP contribution in [0.25, 0.3) is 0 Å². The first-order chi connectivity index (χ1) is 18.7. The van der Waals surface area contributed by atoms with Crippen molar-refractivity contribution in [3.63, 3.8) is 0 Å². The Kier molecular flexibility index (Phi) is 7.65. The summed E-state index contributed by atoms with van der Waals surface area (Å²) >= 11 is 0. The molecule has 5 rings (SSSR count). The van der Waals surface area contributed by atoms with Crippen LogP contribution in [0.15, 0.2) is 78.9 Å². The summed E-state index contributed by atoms with van der Waals surface area (Å²) in [6.07, 6.45) is 2.44. The largest absolute Gasteiger partial charge is 0.485 e. The maximum absolute atomic E-state index is 12.9. The minimum absolute atomic E-state index is 0.00615. The molecule has 0 atom stereocenters. The number of hydrogen-bond acceptors (Lipinski definition) is 4. The van der Waals surface area contributed by atoms with E-state index in [0.717, 1.165) is 43.8 Å². The normalized spacial score (nSPS) is 16.7. The lowest BCUT2D eigenvalue weighted by Gasteiger charge is -2.41. The lowest BCUT2D eigenvalue weighted by atomic mass is 9.86. The molecule has 0 aromatic heterocycles. The number of ether oxygens (including phenoxy) is 1. The molecule has 6 heteroatoms. The third kappa shape index (κ3) is 6.27. The van der Waals surface area contributed by atoms with Gasteiger partial charge in [0, 0.05) is 51.0 Å². The molecule has 0 saturated carbocycles. The molecule has 0 radical (unpaired) electrons. The van der Waals surface area contributed by atoms with E-state index in [1.807, 2.05) is 29.2 Å². The number of rotatable bonds is 5. The van der Waals surface area contributed by atoms with Gasteiger partial charge in [-0.15, -0.1) is 0 Å². The number of amides is 2. The second-order valence-electron chi connectivity index (χ2n) is 11.8. The summed E-state index contributed by atoms with van der Waals surface area (Å²) in [7, 11) is 0. The second kappa shape index (κ2) is 11.1. The molecule has 1 spiro atoms. The number of likely N-dealkylation sites (tertiary alicyclic amines) is 1. The molecule has 1 N–H and O–H groups in total. The number of carbonyl (C=O) groups excluding carboxylic acids is 2. The van der Waals surface area contributed by atoms with E-state index < -0.39 is 0 Å². The molecule has 2 aliphatic rings. The van der Waals surface area contributed by atoms with Crippen LogP contribution >= 0.6 is 0 Å². The van der Waals surface area contributed by atoms with Crippen molar-refractivity contribution in [3.8, 4) is 5.75 Å². The molecule has 6 nitrogen and oxygen atoms in total. The summed E-state index contributed by atoms with van der Waals surface area (Å²) in [6.45, 7) is 9.68. The average molecular weight is 526 g/mol. The number of nitrogens with one attached hydrogen (secondary N) is 1. The number of benzene rings is 3. The van der Waals surface area contributed by atoms with Crippen LogP contribution < -0.4 is 15.0 Å². The first-order valence-corrected chi connectivity index (χ1v) is 14.0. The maximum atomic E-state index is 12.9. The number of nitrogens with zero attached hydrogens (tertiary/aromatic N) is 2. The molecule has 0 unspecified atom stereocenters. The van der Waals surface area contributed by atoms with E-state index >= 15 is 0 Å². The maximum Gasteiger partial charge on any atom is 0.251 e. The SMILES string of the molecule is CC(C)(C)c1ccc(CN2CCC3(CCN(C(=O)CNC(=O)c4ccccc4)CC3)Oc3ccccc32)cc1. The summed E-state index contributed by atoms with van der Waals surface area (Å²) in [5.41, 5.74) is 4.14. The van der Waals surface area contributed by atoms with E-state index in [1.165, 1.54) is 11.1 Å². The molecule has 0 bridgehead atoms. The van der Waals surface area contributed by atoms with E-state index in [4.69, 9.17) is 4.74 Å². The Balaban J connectivity index is 1.21. The Morgan fingerprint density at radius 3 is 2.18 bits per heavy atom. The van der Waals surface area contributed by atoms with Crippen molar-refractivity contribution < 1.29 is 14.3 Å². The predicted octanol–water partition coefficient (Wildman–Crippen LogP) is 5.56. The van der Waals surface area contributed by atoms with Gasteiger partial charge in [0.15, 0.2) is 0 Å². The van der Waals surface area contributed by atoms with Gasteiger partial charge in [-0.1, -0.05) is 75.4 Å². The topological polar surface area (TPSA) is 61.9 Å². The Hall–Kier alpha value is -3.80. The van der Waals surface area contributed by atoms with E-state index in [0.29, 0.717) is 18.7 Å². The van der Waals surface area contributed by atoms with Gasteiger partial charge in [-0.3, -0.25) is 9.59 Å². The van der Waals surface area contributed by atoms with Crippen LogP contribution in [0.5, 0.6) is 5.75 Å². The highest BCUT2D eigenvalue weighted by atomic mass is 16.5. The fourth-order valence-electron chi connectivity index (χ4n) is 5.52. The summed E-state index contributed by atoms with van der Waals surface area (Å²) in [6, 6.07) is 26.3. The van der Waals surface area contributed by atoms with Crippen molar-refractivity contribution in [1.29, 1.82) is 0 Å². The van der Waals surface area contributed by atoms with Crippen LogP contribution in [0.1, 0.15) is 61.5 Å². The Labute approximate surface area is 232 Å². The summed E-state index contributed by atoms with van der Waals surface area (Å²) in [5.74, 6) is 0.633. The molecule has 204 valence electrons. The number of hydrogen-bond donors (Lipinski definition) is 1. The molecule has 0 aliphatic carbocycles. The van der Waals surface area contributed by atoms with E-state index in [9.17, 15) is 9.59 Å². The van der Waals surface area contributed by atoms with E-state index in [1.54, 1.807) is 12.1 Å². The first-order valence-electron chi connectivity index (χ1n) is 14.0. The molecule has 2 aliphatic heterocycles. The quantitative estimate of drug-likeness (QED) is 0.474. The third-order valence-corrected chi connectivity index (χ3v) is 8.03. The summed E-state index contributed by atoms with van der Waals surface area (Å²) in [5, 5.41) is 2.76. The average Bonchev–Trinajstić information content (AvgIpc) is 3.09. The van der Waals surface area contributed by atoms with Gasteiger partial charge in [0.25, 0.3) is 5.91 Å². The van der Waals surface area contributed by atoms with Gasteiger partial charge in [0.2, 0.25) is 5.91 Å². The number of fused-ring (bicyclic) bond motifs is 1. The molecule has 1 fully saturated rings. The van der Waals surface area contributed by atoms with Gasteiger partial charge in [-0.25, -0.2) is 0 Å². The monoisotopic (exact) mass is 525 g/mol. The van der Waals surface area contributed by atoms with Crippen LogP contribution in [0.4, 0.5) is 5.69 Å². The predicted molar refractivity (Wildman–Crippen MR) is 155 cm³/mol. The molecule has 1 saturated heterocycles. The fraction of sp³-hybridized carbons (Fsp3) is 0.394. The van der Waals surface area contributed by atoms with Gasteiger partial charge in [0.1, 0.15) is 11.4 Å². The summed E-state index contributed by atoms with van der Waals surface area (Å²) in [4.78, 5) is 29.5.